The molecule has 96 valence electrons. The first-order valence-electron chi connectivity index (χ1n) is 7.36. The summed E-state index contributed by atoms with van der Waals surface area (Å²) in [4.78, 5) is 0. The van der Waals surface area contributed by atoms with Gasteiger partial charge in [0.2, 0.25) is 0 Å². The molecule has 3 atom stereocenters. The maximum Gasteiger partial charge on any atom is -0.0274 e. The van der Waals surface area contributed by atoms with Crippen molar-refractivity contribution in [1.82, 2.24) is 0 Å². The van der Waals surface area contributed by atoms with Crippen LogP contribution in [0.25, 0.3) is 0 Å². The van der Waals surface area contributed by atoms with Crippen molar-refractivity contribution in [2.75, 3.05) is 0 Å². The normalized spacial score (nSPS) is 35.2. The first-order valence-corrected chi connectivity index (χ1v) is 7.36. The fourth-order valence-electron chi connectivity index (χ4n) is 3.62. The number of hydrogen-bond acceptors (Lipinski definition) is 0. The minimum Gasteiger partial charge on any atom is -0.0654 e. The van der Waals surface area contributed by atoms with E-state index in [0.29, 0.717) is 10.8 Å². The topological polar surface area (TPSA) is 0 Å². The molecule has 0 N–H and O–H groups in total. The van der Waals surface area contributed by atoms with Crippen LogP contribution in [0.5, 0.6) is 0 Å². The Morgan fingerprint density at radius 2 is 1.75 bits per heavy atom. The second kappa shape index (κ2) is 5.10. The summed E-state index contributed by atoms with van der Waals surface area (Å²) in [6.45, 7) is 14.7. The van der Waals surface area contributed by atoms with Crippen LogP contribution in [0, 0.1) is 22.7 Å². The van der Waals surface area contributed by atoms with Gasteiger partial charge in [-0.15, -0.1) is 0 Å². The molecule has 0 aromatic heterocycles. The van der Waals surface area contributed by atoms with Crippen LogP contribution in [0.1, 0.15) is 80.1 Å². The molecule has 0 spiro atoms. The van der Waals surface area contributed by atoms with Gasteiger partial charge in [-0.25, -0.2) is 0 Å². The van der Waals surface area contributed by atoms with E-state index in [2.05, 4.69) is 41.5 Å². The Morgan fingerprint density at radius 3 is 2.19 bits per heavy atom. The summed E-state index contributed by atoms with van der Waals surface area (Å²) in [7, 11) is 0. The van der Waals surface area contributed by atoms with Gasteiger partial charge < -0.3 is 0 Å². The molecule has 1 saturated carbocycles. The highest BCUT2D eigenvalue weighted by molar-refractivity contribution is 4.98. The zero-order valence-electron chi connectivity index (χ0n) is 12.4. The molecule has 1 fully saturated rings. The highest BCUT2D eigenvalue weighted by atomic mass is 14.5. The van der Waals surface area contributed by atoms with E-state index in [4.69, 9.17) is 0 Å². The van der Waals surface area contributed by atoms with E-state index < -0.39 is 0 Å². The fraction of sp³-hybridized carbons (Fsp3) is 1.00. The summed E-state index contributed by atoms with van der Waals surface area (Å²) in [5.41, 5.74) is 1.13. The Hall–Kier alpha value is 0. The summed E-state index contributed by atoms with van der Waals surface area (Å²) < 4.78 is 0. The van der Waals surface area contributed by atoms with Crippen molar-refractivity contribution in [1.29, 1.82) is 0 Å². The molecule has 1 aliphatic carbocycles. The van der Waals surface area contributed by atoms with Crippen LogP contribution in [0.4, 0.5) is 0 Å². The van der Waals surface area contributed by atoms with Crippen LogP contribution in [0.3, 0.4) is 0 Å². The van der Waals surface area contributed by atoms with Gasteiger partial charge in [0.25, 0.3) is 0 Å². The lowest BCUT2D eigenvalue weighted by molar-refractivity contribution is 0.126. The van der Waals surface area contributed by atoms with Gasteiger partial charge in [0.05, 0.1) is 0 Å². The van der Waals surface area contributed by atoms with E-state index in [1.807, 2.05) is 0 Å². The molecule has 0 bridgehead atoms. The van der Waals surface area contributed by atoms with Gasteiger partial charge in [0, 0.05) is 0 Å². The second-order valence-electron chi connectivity index (χ2n) is 7.09. The molecule has 0 heterocycles. The summed E-state index contributed by atoms with van der Waals surface area (Å²) >= 11 is 0. The van der Waals surface area contributed by atoms with E-state index in [1.54, 1.807) is 0 Å². The quantitative estimate of drug-likeness (QED) is 0.565. The predicted octanol–water partition coefficient (Wildman–Crippen LogP) is 5.67. The number of unbranched alkanes of at least 4 members (excludes halogenated alkanes) is 1. The maximum absolute atomic E-state index is 2.51. The lowest BCUT2D eigenvalue weighted by atomic mass is 9.68. The third kappa shape index (κ3) is 2.63. The minimum atomic E-state index is 0.549. The van der Waals surface area contributed by atoms with E-state index in [0.717, 1.165) is 11.8 Å². The fourth-order valence-corrected chi connectivity index (χ4v) is 3.62. The summed E-state index contributed by atoms with van der Waals surface area (Å²) in [6, 6.07) is 0. The van der Waals surface area contributed by atoms with Crippen LogP contribution in [-0.2, 0) is 0 Å². The van der Waals surface area contributed by atoms with Crippen molar-refractivity contribution in [3.63, 3.8) is 0 Å². The van der Waals surface area contributed by atoms with Crippen molar-refractivity contribution in [2.24, 2.45) is 22.7 Å². The molecule has 0 aromatic carbocycles. The van der Waals surface area contributed by atoms with Gasteiger partial charge in [-0.05, 0) is 35.5 Å². The van der Waals surface area contributed by atoms with Crippen molar-refractivity contribution in [3.8, 4) is 0 Å². The lowest BCUT2D eigenvalue weighted by Crippen LogP contribution is -2.28. The van der Waals surface area contributed by atoms with E-state index in [-0.39, 0.29) is 0 Å². The van der Waals surface area contributed by atoms with Gasteiger partial charge in [0.1, 0.15) is 0 Å². The first-order chi connectivity index (χ1) is 7.36. The Morgan fingerprint density at radius 1 is 1.12 bits per heavy atom. The third-order valence-corrected chi connectivity index (χ3v) is 5.72. The Kier molecular flexibility index (Phi) is 4.49. The molecule has 1 rings (SSSR count). The second-order valence-corrected chi connectivity index (χ2v) is 7.09. The molecule has 3 unspecified atom stereocenters. The predicted molar refractivity (Wildman–Crippen MR) is 73.6 cm³/mol. The van der Waals surface area contributed by atoms with Crippen LogP contribution < -0.4 is 0 Å². The molecular formula is C16H32. The van der Waals surface area contributed by atoms with Crippen LogP contribution in [0.15, 0.2) is 0 Å². The molecule has 0 heteroatoms. The third-order valence-electron chi connectivity index (χ3n) is 5.72. The van der Waals surface area contributed by atoms with Crippen molar-refractivity contribution in [2.45, 2.75) is 80.1 Å². The number of hydrogen-bond donors (Lipinski definition) is 0. The first kappa shape index (κ1) is 14.1. The van der Waals surface area contributed by atoms with Gasteiger partial charge in [-0.3, -0.25) is 0 Å². The Bertz CT molecular complexity index is 216. The summed E-state index contributed by atoms with van der Waals surface area (Å²) in [5.74, 6) is 1.92. The van der Waals surface area contributed by atoms with Crippen LogP contribution in [0.2, 0.25) is 0 Å². The van der Waals surface area contributed by atoms with Crippen molar-refractivity contribution >= 4 is 0 Å². The zero-order chi connectivity index (χ0) is 12.4. The van der Waals surface area contributed by atoms with E-state index in [1.165, 1.54) is 38.5 Å². The Balaban J connectivity index is 2.61. The largest absolute Gasteiger partial charge is 0.0654 e. The molecule has 0 aliphatic heterocycles. The van der Waals surface area contributed by atoms with Crippen LogP contribution >= 0.6 is 0 Å². The van der Waals surface area contributed by atoms with E-state index in [9.17, 15) is 0 Å². The molecular weight excluding hydrogens is 192 g/mol. The molecule has 0 nitrogen and oxygen atoms in total. The average Bonchev–Trinajstić information content (AvgIpc) is 2.47. The van der Waals surface area contributed by atoms with Gasteiger partial charge in [0.15, 0.2) is 0 Å². The smallest absolute Gasteiger partial charge is 0.0274 e. The van der Waals surface area contributed by atoms with Crippen molar-refractivity contribution < 1.29 is 0 Å². The van der Waals surface area contributed by atoms with Gasteiger partial charge in [-0.1, -0.05) is 67.2 Å². The zero-order valence-corrected chi connectivity index (χ0v) is 12.4. The molecule has 16 heavy (non-hydrogen) atoms. The van der Waals surface area contributed by atoms with E-state index >= 15 is 0 Å². The summed E-state index contributed by atoms with van der Waals surface area (Å²) in [5, 5.41) is 0. The van der Waals surface area contributed by atoms with Crippen LogP contribution in [-0.4, -0.2) is 0 Å². The SMILES string of the molecule is CCCCC(C)C1CC(C)(C)C(C)(CC)C1. The van der Waals surface area contributed by atoms with Crippen molar-refractivity contribution in [3.05, 3.63) is 0 Å². The monoisotopic (exact) mass is 224 g/mol. The standard InChI is InChI=1S/C16H32/c1-7-9-10-13(3)14-11-15(4,5)16(6,8-2)12-14/h13-14H,7-12H2,1-6H3. The van der Waals surface area contributed by atoms with Gasteiger partial charge >= 0.3 is 0 Å². The number of rotatable bonds is 5. The molecule has 0 amide bonds. The molecule has 1 aliphatic rings. The molecule has 0 saturated heterocycles. The average molecular weight is 224 g/mol. The summed E-state index contributed by atoms with van der Waals surface area (Å²) in [6.07, 6.45) is 8.46. The molecule has 0 radical (unpaired) electrons. The highest BCUT2D eigenvalue weighted by Crippen LogP contribution is 2.58. The molecule has 0 aromatic rings. The minimum absolute atomic E-state index is 0.549. The lowest BCUT2D eigenvalue weighted by Gasteiger charge is -2.37. The maximum atomic E-state index is 2.51. The van der Waals surface area contributed by atoms with Gasteiger partial charge in [-0.2, -0.15) is 0 Å². The highest BCUT2D eigenvalue weighted by Gasteiger charge is 2.48. The Labute approximate surface area is 103 Å².